The molecule has 21 heavy (non-hydrogen) atoms. The lowest BCUT2D eigenvalue weighted by Crippen LogP contribution is -2.29. The standard InChI is InChI=1S/C18H31BrN2/c1-5-11-20-13-16-9-10-17(12-18(16)19)21(8-4)14-15(6-2)7-3/h9-10,12,15,20H,5-8,11,13-14H2,1-4H3. The normalized spacial score (nSPS) is 11.1. The van der Waals surface area contributed by atoms with E-state index in [9.17, 15) is 0 Å². The summed E-state index contributed by atoms with van der Waals surface area (Å²) in [7, 11) is 0. The largest absolute Gasteiger partial charge is 0.372 e. The van der Waals surface area contributed by atoms with Crippen LogP contribution in [-0.4, -0.2) is 19.6 Å². The van der Waals surface area contributed by atoms with Crippen LogP contribution in [0.25, 0.3) is 0 Å². The minimum atomic E-state index is 0.787. The summed E-state index contributed by atoms with van der Waals surface area (Å²) in [5, 5.41) is 3.46. The van der Waals surface area contributed by atoms with Gasteiger partial charge in [0.1, 0.15) is 0 Å². The molecule has 3 heteroatoms. The molecule has 0 aliphatic heterocycles. The van der Waals surface area contributed by atoms with Gasteiger partial charge in [0.25, 0.3) is 0 Å². The van der Waals surface area contributed by atoms with E-state index in [0.29, 0.717) is 0 Å². The molecule has 0 aromatic heterocycles. The molecule has 0 saturated heterocycles. The second-order valence-corrected chi connectivity index (χ2v) is 6.53. The van der Waals surface area contributed by atoms with E-state index in [2.05, 4.69) is 72.0 Å². The van der Waals surface area contributed by atoms with Crippen LogP contribution < -0.4 is 10.2 Å². The molecule has 0 bridgehead atoms. The van der Waals surface area contributed by atoms with E-state index in [1.807, 2.05) is 0 Å². The topological polar surface area (TPSA) is 15.3 Å². The molecule has 2 nitrogen and oxygen atoms in total. The average Bonchev–Trinajstić information content (AvgIpc) is 2.50. The highest BCUT2D eigenvalue weighted by atomic mass is 79.9. The van der Waals surface area contributed by atoms with Gasteiger partial charge in [0.15, 0.2) is 0 Å². The lowest BCUT2D eigenvalue weighted by atomic mass is 10.0. The van der Waals surface area contributed by atoms with E-state index < -0.39 is 0 Å². The highest BCUT2D eigenvalue weighted by Crippen LogP contribution is 2.25. The number of benzene rings is 1. The van der Waals surface area contributed by atoms with Crippen molar-refractivity contribution in [1.29, 1.82) is 0 Å². The van der Waals surface area contributed by atoms with Crippen molar-refractivity contribution in [3.05, 3.63) is 28.2 Å². The van der Waals surface area contributed by atoms with Crippen molar-refractivity contribution >= 4 is 21.6 Å². The Balaban J connectivity index is 2.75. The molecule has 0 heterocycles. The van der Waals surface area contributed by atoms with Gasteiger partial charge >= 0.3 is 0 Å². The van der Waals surface area contributed by atoms with Crippen molar-refractivity contribution in [2.75, 3.05) is 24.5 Å². The van der Waals surface area contributed by atoms with E-state index in [1.165, 1.54) is 35.0 Å². The van der Waals surface area contributed by atoms with Gasteiger partial charge in [-0.2, -0.15) is 0 Å². The minimum absolute atomic E-state index is 0.787. The summed E-state index contributed by atoms with van der Waals surface area (Å²) in [5.74, 6) is 0.787. The van der Waals surface area contributed by atoms with Crippen LogP contribution in [0.2, 0.25) is 0 Å². The Morgan fingerprint density at radius 2 is 1.86 bits per heavy atom. The van der Waals surface area contributed by atoms with Crippen LogP contribution in [0.15, 0.2) is 22.7 Å². The lowest BCUT2D eigenvalue weighted by molar-refractivity contribution is 0.486. The van der Waals surface area contributed by atoms with Crippen LogP contribution in [0, 0.1) is 5.92 Å². The maximum Gasteiger partial charge on any atom is 0.0377 e. The Labute approximate surface area is 139 Å². The monoisotopic (exact) mass is 354 g/mol. The third-order valence-corrected chi connectivity index (χ3v) is 4.90. The summed E-state index contributed by atoms with van der Waals surface area (Å²) in [6.07, 6.45) is 3.69. The van der Waals surface area contributed by atoms with Crippen molar-refractivity contribution in [2.24, 2.45) is 5.92 Å². The lowest BCUT2D eigenvalue weighted by Gasteiger charge is -2.28. The van der Waals surface area contributed by atoms with Gasteiger partial charge in [0.2, 0.25) is 0 Å². The Bertz CT molecular complexity index is 402. The van der Waals surface area contributed by atoms with Gasteiger partial charge in [0, 0.05) is 29.8 Å². The molecule has 0 atom stereocenters. The highest BCUT2D eigenvalue weighted by molar-refractivity contribution is 9.10. The molecule has 0 aliphatic carbocycles. The zero-order chi connectivity index (χ0) is 15.7. The van der Waals surface area contributed by atoms with Crippen molar-refractivity contribution in [3.63, 3.8) is 0 Å². The van der Waals surface area contributed by atoms with Crippen LogP contribution in [0.3, 0.4) is 0 Å². The van der Waals surface area contributed by atoms with Gasteiger partial charge in [-0.15, -0.1) is 0 Å². The van der Waals surface area contributed by atoms with Crippen LogP contribution in [0.1, 0.15) is 52.5 Å². The molecule has 120 valence electrons. The SMILES string of the molecule is CCCNCc1ccc(N(CC)CC(CC)CC)cc1Br. The van der Waals surface area contributed by atoms with Crippen molar-refractivity contribution in [3.8, 4) is 0 Å². The average molecular weight is 355 g/mol. The predicted octanol–water partition coefficient (Wildman–Crippen LogP) is 5.21. The first-order valence-corrected chi connectivity index (χ1v) is 9.19. The highest BCUT2D eigenvalue weighted by Gasteiger charge is 2.12. The van der Waals surface area contributed by atoms with Gasteiger partial charge < -0.3 is 10.2 Å². The number of nitrogens with one attached hydrogen (secondary N) is 1. The molecule has 0 radical (unpaired) electrons. The summed E-state index contributed by atoms with van der Waals surface area (Å²) in [4.78, 5) is 2.49. The van der Waals surface area contributed by atoms with E-state index in [0.717, 1.165) is 32.1 Å². The van der Waals surface area contributed by atoms with Gasteiger partial charge in [-0.3, -0.25) is 0 Å². The fourth-order valence-corrected chi connectivity index (χ4v) is 3.06. The van der Waals surface area contributed by atoms with E-state index in [1.54, 1.807) is 0 Å². The molecule has 1 aromatic rings. The smallest absolute Gasteiger partial charge is 0.0377 e. The van der Waals surface area contributed by atoms with E-state index >= 15 is 0 Å². The Hall–Kier alpha value is -0.540. The first-order chi connectivity index (χ1) is 10.2. The summed E-state index contributed by atoms with van der Waals surface area (Å²) >= 11 is 3.73. The first kappa shape index (κ1) is 18.5. The maximum absolute atomic E-state index is 3.73. The van der Waals surface area contributed by atoms with E-state index in [4.69, 9.17) is 0 Å². The molecule has 1 aromatic carbocycles. The van der Waals surface area contributed by atoms with Crippen molar-refractivity contribution in [1.82, 2.24) is 5.32 Å². The number of rotatable bonds is 10. The van der Waals surface area contributed by atoms with Crippen LogP contribution in [-0.2, 0) is 6.54 Å². The second-order valence-electron chi connectivity index (χ2n) is 5.67. The van der Waals surface area contributed by atoms with Crippen molar-refractivity contribution in [2.45, 2.75) is 53.5 Å². The number of anilines is 1. The number of hydrogen-bond acceptors (Lipinski definition) is 2. The molecule has 1 N–H and O–H groups in total. The maximum atomic E-state index is 3.73. The zero-order valence-electron chi connectivity index (χ0n) is 14.1. The number of nitrogens with zero attached hydrogens (tertiary/aromatic N) is 1. The molecular formula is C18H31BrN2. The summed E-state index contributed by atoms with van der Waals surface area (Å²) < 4.78 is 1.21. The third kappa shape index (κ3) is 5.99. The summed E-state index contributed by atoms with van der Waals surface area (Å²) in [5.41, 5.74) is 2.67. The Morgan fingerprint density at radius 1 is 1.14 bits per heavy atom. The van der Waals surface area contributed by atoms with Crippen molar-refractivity contribution < 1.29 is 0 Å². The second kappa shape index (κ2) is 10.2. The van der Waals surface area contributed by atoms with Gasteiger partial charge in [0.05, 0.1) is 0 Å². The Kier molecular flexibility index (Phi) is 9.02. The number of hydrogen-bond donors (Lipinski definition) is 1. The third-order valence-electron chi connectivity index (χ3n) is 4.16. The quantitative estimate of drug-likeness (QED) is 0.580. The molecule has 0 fully saturated rings. The molecule has 0 unspecified atom stereocenters. The minimum Gasteiger partial charge on any atom is -0.372 e. The first-order valence-electron chi connectivity index (χ1n) is 8.40. The zero-order valence-corrected chi connectivity index (χ0v) is 15.7. The molecule has 0 spiro atoms. The molecule has 0 aliphatic rings. The summed E-state index contributed by atoms with van der Waals surface area (Å²) in [6, 6.07) is 6.78. The molecular weight excluding hydrogens is 324 g/mol. The van der Waals surface area contributed by atoms with Crippen LogP contribution in [0.4, 0.5) is 5.69 Å². The van der Waals surface area contributed by atoms with Gasteiger partial charge in [-0.05, 0) is 43.5 Å². The molecule has 1 rings (SSSR count). The van der Waals surface area contributed by atoms with Crippen LogP contribution in [0.5, 0.6) is 0 Å². The predicted molar refractivity (Wildman–Crippen MR) is 98.1 cm³/mol. The van der Waals surface area contributed by atoms with E-state index in [-0.39, 0.29) is 0 Å². The summed E-state index contributed by atoms with van der Waals surface area (Å²) in [6.45, 7) is 13.3. The van der Waals surface area contributed by atoms with Gasteiger partial charge in [-0.1, -0.05) is 55.6 Å². The number of halogens is 1. The molecule has 0 amide bonds. The fraction of sp³-hybridized carbons (Fsp3) is 0.667. The Morgan fingerprint density at radius 3 is 2.38 bits per heavy atom. The fourth-order valence-electron chi connectivity index (χ4n) is 2.55. The van der Waals surface area contributed by atoms with Crippen LogP contribution >= 0.6 is 15.9 Å². The van der Waals surface area contributed by atoms with Gasteiger partial charge in [-0.25, -0.2) is 0 Å². The molecule has 0 saturated carbocycles.